The molecule has 0 radical (unpaired) electrons. The molecule has 3 rings (SSSR count). The minimum Gasteiger partial charge on any atom is -0.508 e. The van der Waals surface area contributed by atoms with Gasteiger partial charge in [0, 0.05) is 44.4 Å². The van der Waals surface area contributed by atoms with Gasteiger partial charge in [0.25, 0.3) is 0 Å². The molecule has 2 aromatic rings. The number of nitrogens with zero attached hydrogens (tertiary/aromatic N) is 2. The number of furan rings is 1. The Kier molecular flexibility index (Phi) is 4.78. The number of rotatable bonds is 4. The summed E-state index contributed by atoms with van der Waals surface area (Å²) in [5.41, 5.74) is 0.921. The van der Waals surface area contributed by atoms with E-state index in [4.69, 9.17) is 4.42 Å². The molecule has 1 aliphatic rings. The molecule has 1 amide bonds. The molecule has 0 saturated carbocycles. The van der Waals surface area contributed by atoms with Crippen molar-refractivity contribution < 1.29 is 14.3 Å². The fraction of sp³-hybridized carbons (Fsp3) is 0.278. The van der Waals surface area contributed by atoms with Crippen LogP contribution in [-0.2, 0) is 11.3 Å². The van der Waals surface area contributed by atoms with Crippen LogP contribution in [0, 0.1) is 0 Å². The van der Waals surface area contributed by atoms with Gasteiger partial charge in [-0.2, -0.15) is 0 Å². The van der Waals surface area contributed by atoms with Crippen molar-refractivity contribution >= 4 is 12.0 Å². The Labute approximate surface area is 135 Å². The molecule has 5 heteroatoms. The Hall–Kier alpha value is -2.53. The number of para-hydroxylation sites is 1. The Morgan fingerprint density at radius 2 is 1.91 bits per heavy atom. The first-order chi connectivity index (χ1) is 11.2. The molecule has 1 N–H and O–H groups in total. The third-order valence-corrected chi connectivity index (χ3v) is 4.00. The second kappa shape index (κ2) is 7.15. The number of piperazine rings is 1. The van der Waals surface area contributed by atoms with Crippen LogP contribution in [0.15, 0.2) is 53.2 Å². The molecular weight excluding hydrogens is 292 g/mol. The van der Waals surface area contributed by atoms with E-state index in [1.165, 1.54) is 0 Å². The first-order valence-corrected chi connectivity index (χ1v) is 7.72. The average Bonchev–Trinajstić information content (AvgIpc) is 3.09. The minimum absolute atomic E-state index is 0.00334. The van der Waals surface area contributed by atoms with Crippen LogP contribution >= 0.6 is 0 Å². The number of phenolic OH excluding ortho intramolecular Hbond substituents is 1. The lowest BCUT2D eigenvalue weighted by atomic mass is 10.1. The molecule has 0 bridgehead atoms. The number of benzene rings is 1. The summed E-state index contributed by atoms with van der Waals surface area (Å²) in [7, 11) is 0. The van der Waals surface area contributed by atoms with Crippen LogP contribution in [0.2, 0.25) is 0 Å². The van der Waals surface area contributed by atoms with Crippen molar-refractivity contribution in [2.24, 2.45) is 0 Å². The molecule has 5 nitrogen and oxygen atoms in total. The highest BCUT2D eigenvalue weighted by Crippen LogP contribution is 2.18. The lowest BCUT2D eigenvalue weighted by Gasteiger charge is -2.34. The second-order valence-corrected chi connectivity index (χ2v) is 5.58. The molecule has 1 aromatic carbocycles. The molecule has 1 saturated heterocycles. The third-order valence-electron chi connectivity index (χ3n) is 4.00. The van der Waals surface area contributed by atoms with Gasteiger partial charge in [-0.15, -0.1) is 0 Å². The maximum atomic E-state index is 12.2. The number of carbonyl (C=O) groups excluding carboxylic acids is 1. The predicted molar refractivity (Wildman–Crippen MR) is 87.7 cm³/mol. The van der Waals surface area contributed by atoms with Crippen LogP contribution in [0.1, 0.15) is 11.3 Å². The monoisotopic (exact) mass is 312 g/mol. The van der Waals surface area contributed by atoms with Gasteiger partial charge < -0.3 is 14.4 Å². The zero-order valence-corrected chi connectivity index (χ0v) is 12.9. The lowest BCUT2D eigenvalue weighted by molar-refractivity contribution is -0.127. The zero-order chi connectivity index (χ0) is 16.1. The number of aromatic hydroxyl groups is 1. The molecule has 0 aliphatic carbocycles. The van der Waals surface area contributed by atoms with E-state index in [-0.39, 0.29) is 5.91 Å². The largest absolute Gasteiger partial charge is 0.508 e. The van der Waals surface area contributed by atoms with Crippen molar-refractivity contribution in [3.05, 3.63) is 60.1 Å². The molecule has 1 aromatic heterocycles. The van der Waals surface area contributed by atoms with Crippen molar-refractivity contribution in [2.75, 3.05) is 26.2 Å². The van der Waals surface area contributed by atoms with Crippen LogP contribution in [-0.4, -0.2) is 47.0 Å². The number of phenols is 1. The SMILES string of the molecule is O=C(/C=C/c1ccco1)N1CCN(Cc2ccccc2O)CC1. The highest BCUT2D eigenvalue weighted by atomic mass is 16.3. The van der Waals surface area contributed by atoms with Gasteiger partial charge in [-0.1, -0.05) is 18.2 Å². The molecule has 23 heavy (non-hydrogen) atoms. The van der Waals surface area contributed by atoms with Gasteiger partial charge in [0.1, 0.15) is 11.5 Å². The Morgan fingerprint density at radius 1 is 1.13 bits per heavy atom. The van der Waals surface area contributed by atoms with Crippen molar-refractivity contribution in [3.63, 3.8) is 0 Å². The van der Waals surface area contributed by atoms with E-state index in [2.05, 4.69) is 4.90 Å². The highest BCUT2D eigenvalue weighted by molar-refractivity contribution is 5.91. The van der Waals surface area contributed by atoms with Gasteiger partial charge in [0.15, 0.2) is 0 Å². The summed E-state index contributed by atoms with van der Waals surface area (Å²) >= 11 is 0. The molecule has 1 aliphatic heterocycles. The van der Waals surface area contributed by atoms with E-state index in [0.29, 0.717) is 31.1 Å². The summed E-state index contributed by atoms with van der Waals surface area (Å²) in [6.45, 7) is 3.68. The van der Waals surface area contributed by atoms with E-state index < -0.39 is 0 Å². The smallest absolute Gasteiger partial charge is 0.246 e. The van der Waals surface area contributed by atoms with Crippen molar-refractivity contribution in [3.8, 4) is 5.75 Å². The minimum atomic E-state index is 0.00334. The fourth-order valence-electron chi connectivity index (χ4n) is 2.66. The first-order valence-electron chi connectivity index (χ1n) is 7.72. The molecule has 0 atom stereocenters. The van der Waals surface area contributed by atoms with Gasteiger partial charge >= 0.3 is 0 Å². The summed E-state index contributed by atoms with van der Waals surface area (Å²) < 4.78 is 5.18. The Balaban J connectivity index is 1.50. The number of hydrogen-bond donors (Lipinski definition) is 1. The van der Waals surface area contributed by atoms with E-state index in [9.17, 15) is 9.90 Å². The third kappa shape index (κ3) is 4.02. The Morgan fingerprint density at radius 3 is 2.61 bits per heavy atom. The van der Waals surface area contributed by atoms with E-state index >= 15 is 0 Å². The van der Waals surface area contributed by atoms with Gasteiger partial charge in [-0.05, 0) is 24.3 Å². The van der Waals surface area contributed by atoms with E-state index in [1.807, 2.05) is 29.2 Å². The normalized spacial score (nSPS) is 16.1. The summed E-state index contributed by atoms with van der Waals surface area (Å²) in [5.74, 6) is 1.01. The van der Waals surface area contributed by atoms with Crippen LogP contribution in [0.25, 0.3) is 6.08 Å². The topological polar surface area (TPSA) is 56.9 Å². The van der Waals surface area contributed by atoms with Gasteiger partial charge in [-0.3, -0.25) is 9.69 Å². The van der Waals surface area contributed by atoms with Crippen molar-refractivity contribution in [2.45, 2.75) is 6.54 Å². The van der Waals surface area contributed by atoms with Crippen LogP contribution in [0.4, 0.5) is 0 Å². The summed E-state index contributed by atoms with van der Waals surface area (Å²) in [5, 5.41) is 9.83. The Bertz CT molecular complexity index is 671. The fourth-order valence-corrected chi connectivity index (χ4v) is 2.66. The van der Waals surface area contributed by atoms with Gasteiger partial charge in [0.2, 0.25) is 5.91 Å². The van der Waals surface area contributed by atoms with Crippen LogP contribution in [0.3, 0.4) is 0 Å². The van der Waals surface area contributed by atoms with Gasteiger partial charge in [0.05, 0.1) is 6.26 Å². The highest BCUT2D eigenvalue weighted by Gasteiger charge is 2.20. The molecule has 1 fully saturated rings. The summed E-state index contributed by atoms with van der Waals surface area (Å²) in [6, 6.07) is 11.0. The molecule has 2 heterocycles. The maximum absolute atomic E-state index is 12.2. The summed E-state index contributed by atoms with van der Waals surface area (Å²) in [4.78, 5) is 16.2. The van der Waals surface area contributed by atoms with Crippen LogP contribution < -0.4 is 0 Å². The predicted octanol–water partition coefficient (Wildman–Crippen LogP) is 2.34. The van der Waals surface area contributed by atoms with Gasteiger partial charge in [-0.25, -0.2) is 0 Å². The molecule has 120 valence electrons. The molecule has 0 spiro atoms. The zero-order valence-electron chi connectivity index (χ0n) is 12.9. The van der Waals surface area contributed by atoms with Crippen molar-refractivity contribution in [1.29, 1.82) is 0 Å². The lowest BCUT2D eigenvalue weighted by Crippen LogP contribution is -2.47. The number of amides is 1. The maximum Gasteiger partial charge on any atom is 0.246 e. The van der Waals surface area contributed by atoms with E-state index in [0.717, 1.165) is 18.7 Å². The number of hydrogen-bond acceptors (Lipinski definition) is 4. The van der Waals surface area contributed by atoms with Crippen molar-refractivity contribution in [1.82, 2.24) is 9.80 Å². The summed E-state index contributed by atoms with van der Waals surface area (Å²) in [6.07, 6.45) is 4.83. The number of carbonyl (C=O) groups is 1. The average molecular weight is 312 g/mol. The van der Waals surface area contributed by atoms with E-state index in [1.54, 1.807) is 30.5 Å². The first kappa shape index (κ1) is 15.4. The molecular formula is C18H20N2O3. The quantitative estimate of drug-likeness (QED) is 0.881. The van der Waals surface area contributed by atoms with Crippen LogP contribution in [0.5, 0.6) is 5.75 Å². The molecule has 0 unspecified atom stereocenters. The standard InChI is InChI=1S/C18H20N2O3/c21-17-6-2-1-4-15(17)14-19-9-11-20(12-10-19)18(22)8-7-16-5-3-13-23-16/h1-8,13,21H,9-12,14H2/b8-7+. The second-order valence-electron chi connectivity index (χ2n) is 5.58.